The summed E-state index contributed by atoms with van der Waals surface area (Å²) in [5, 5.41) is 24.5. The highest BCUT2D eigenvalue weighted by atomic mass is 19.4. The van der Waals surface area contributed by atoms with Gasteiger partial charge in [0.2, 0.25) is 0 Å². The highest BCUT2D eigenvalue weighted by molar-refractivity contribution is 6.08. The van der Waals surface area contributed by atoms with E-state index >= 15 is 0 Å². The minimum absolute atomic E-state index is 0.0235. The van der Waals surface area contributed by atoms with E-state index in [-0.39, 0.29) is 11.3 Å². The highest BCUT2D eigenvalue weighted by Crippen LogP contribution is 2.42. The number of nitrogens with zero attached hydrogens (tertiary/aromatic N) is 3. The minimum atomic E-state index is -4.76. The van der Waals surface area contributed by atoms with Crippen molar-refractivity contribution in [1.29, 1.82) is 10.7 Å². The molecule has 1 aliphatic heterocycles. The number of nitrogens with one attached hydrogen (secondary N) is 2. The highest BCUT2D eigenvalue weighted by Gasteiger charge is 2.43. The lowest BCUT2D eigenvalue weighted by Gasteiger charge is -2.25. The molecule has 2 N–H and O–H groups in total. The zero-order valence-electron chi connectivity index (χ0n) is 13.3. The SMILES string of the molecule is CC1=NC(C(F)(F)F)=C(C#N)[C@H](c2ccc3n[nH]c(C)c3c2)C1=C=N. The Hall–Kier alpha value is -3.17. The van der Waals surface area contributed by atoms with E-state index < -0.39 is 23.4 Å². The first-order valence-corrected chi connectivity index (χ1v) is 7.29. The number of hydrogen-bond acceptors (Lipinski definition) is 4. The molecule has 126 valence electrons. The normalized spacial score (nSPS) is 18.2. The van der Waals surface area contributed by atoms with Gasteiger partial charge < -0.3 is 0 Å². The van der Waals surface area contributed by atoms with Crippen molar-refractivity contribution in [3.05, 3.63) is 46.3 Å². The Morgan fingerprint density at radius 2 is 2.00 bits per heavy atom. The molecule has 0 unspecified atom stereocenters. The number of aromatic nitrogens is 2. The summed E-state index contributed by atoms with van der Waals surface area (Å²) >= 11 is 0. The molecule has 0 saturated carbocycles. The third-order valence-electron chi connectivity index (χ3n) is 4.13. The van der Waals surface area contributed by atoms with Gasteiger partial charge >= 0.3 is 6.18 Å². The zero-order valence-corrected chi connectivity index (χ0v) is 13.3. The second-order valence-corrected chi connectivity index (χ2v) is 5.67. The summed E-state index contributed by atoms with van der Waals surface area (Å²) < 4.78 is 40.0. The monoisotopic (exact) mass is 343 g/mol. The van der Waals surface area contributed by atoms with E-state index in [4.69, 9.17) is 5.41 Å². The van der Waals surface area contributed by atoms with Gasteiger partial charge in [0.15, 0.2) is 5.70 Å². The molecule has 0 spiro atoms. The summed E-state index contributed by atoms with van der Waals surface area (Å²) in [6.45, 7) is 3.17. The maximum absolute atomic E-state index is 13.3. The van der Waals surface area contributed by atoms with Gasteiger partial charge in [0, 0.05) is 16.7 Å². The largest absolute Gasteiger partial charge is 0.434 e. The molecule has 1 atom stereocenters. The maximum Gasteiger partial charge on any atom is 0.434 e. The van der Waals surface area contributed by atoms with E-state index in [1.807, 2.05) is 0 Å². The number of aliphatic imine (C=N–C) groups is 1. The van der Waals surface area contributed by atoms with E-state index in [1.54, 1.807) is 31.2 Å². The molecule has 0 fully saturated rings. The molecule has 2 aromatic rings. The van der Waals surface area contributed by atoms with Crippen molar-refractivity contribution in [3.63, 3.8) is 0 Å². The summed E-state index contributed by atoms with van der Waals surface area (Å²) in [5.41, 5.74) is 0.298. The van der Waals surface area contributed by atoms with E-state index in [0.29, 0.717) is 11.1 Å². The van der Waals surface area contributed by atoms with Crippen LogP contribution >= 0.6 is 0 Å². The topological polar surface area (TPSA) is 88.7 Å². The molecule has 2 heterocycles. The number of halogens is 3. The molecule has 0 saturated heterocycles. The maximum atomic E-state index is 13.3. The first-order valence-electron chi connectivity index (χ1n) is 7.29. The van der Waals surface area contributed by atoms with Crippen molar-refractivity contribution in [1.82, 2.24) is 10.2 Å². The van der Waals surface area contributed by atoms with Gasteiger partial charge in [-0.2, -0.15) is 23.5 Å². The van der Waals surface area contributed by atoms with Gasteiger partial charge in [0.05, 0.1) is 28.8 Å². The number of benzene rings is 1. The zero-order chi connectivity index (χ0) is 18.4. The van der Waals surface area contributed by atoms with Crippen LogP contribution in [0.4, 0.5) is 13.2 Å². The van der Waals surface area contributed by atoms with Crippen LogP contribution in [0, 0.1) is 23.7 Å². The average Bonchev–Trinajstić information content (AvgIpc) is 2.93. The molecule has 0 radical (unpaired) electrons. The molecule has 1 aliphatic rings. The molecular weight excluding hydrogens is 331 g/mol. The number of nitriles is 1. The van der Waals surface area contributed by atoms with Gasteiger partial charge in [0.25, 0.3) is 0 Å². The Morgan fingerprint density at radius 3 is 2.60 bits per heavy atom. The summed E-state index contributed by atoms with van der Waals surface area (Å²) in [4.78, 5) is 3.51. The summed E-state index contributed by atoms with van der Waals surface area (Å²) in [6.07, 6.45) is -4.76. The molecule has 1 aromatic carbocycles. The molecule has 5 nitrogen and oxygen atoms in total. The number of rotatable bonds is 1. The number of alkyl halides is 3. The lowest BCUT2D eigenvalue weighted by molar-refractivity contribution is -0.0932. The van der Waals surface area contributed by atoms with Crippen LogP contribution in [0.5, 0.6) is 0 Å². The van der Waals surface area contributed by atoms with Gasteiger partial charge in [-0.1, -0.05) is 6.07 Å². The summed E-state index contributed by atoms with van der Waals surface area (Å²) in [7, 11) is 0. The second kappa shape index (κ2) is 5.72. The molecule has 8 heteroatoms. The predicted octanol–water partition coefficient (Wildman–Crippen LogP) is 3.94. The molecule has 0 amide bonds. The fraction of sp³-hybridized carbons (Fsp3) is 0.235. The standard InChI is InChI=1S/C17H12F3N5/c1-8-12(6-21)15(13(7-22)16(23-8)17(18,19)20)10-3-4-14-11(5-10)9(2)24-25-14/h3-5,15,21H,1-2H3,(H,24,25)/t15-/m1/s1. The Bertz CT molecular complexity index is 1030. The fourth-order valence-corrected chi connectivity index (χ4v) is 2.94. The average molecular weight is 343 g/mol. The van der Waals surface area contributed by atoms with Crippen molar-refractivity contribution >= 4 is 22.5 Å². The third kappa shape index (κ3) is 2.65. The predicted molar refractivity (Wildman–Crippen MR) is 86.6 cm³/mol. The van der Waals surface area contributed by atoms with Crippen LogP contribution in [0.2, 0.25) is 0 Å². The van der Waals surface area contributed by atoms with E-state index in [1.165, 1.54) is 6.92 Å². The van der Waals surface area contributed by atoms with Gasteiger partial charge in [0.1, 0.15) is 0 Å². The molecule has 0 aliphatic carbocycles. The van der Waals surface area contributed by atoms with Crippen molar-refractivity contribution in [3.8, 4) is 6.07 Å². The lowest BCUT2D eigenvalue weighted by Crippen LogP contribution is -2.24. The van der Waals surface area contributed by atoms with Gasteiger partial charge in [-0.3, -0.25) is 10.5 Å². The number of fused-ring (bicyclic) bond motifs is 1. The summed E-state index contributed by atoms with van der Waals surface area (Å²) in [5.74, 6) is 1.11. The van der Waals surface area contributed by atoms with E-state index in [9.17, 15) is 18.4 Å². The Morgan fingerprint density at radius 1 is 1.28 bits per heavy atom. The van der Waals surface area contributed by atoms with Crippen LogP contribution in [0.3, 0.4) is 0 Å². The quantitative estimate of drug-likeness (QED) is 0.768. The Labute approximate surface area is 140 Å². The fourth-order valence-electron chi connectivity index (χ4n) is 2.94. The van der Waals surface area contributed by atoms with Crippen molar-refractivity contribution in [2.24, 2.45) is 4.99 Å². The van der Waals surface area contributed by atoms with Crippen LogP contribution < -0.4 is 0 Å². The first-order chi connectivity index (χ1) is 11.8. The van der Waals surface area contributed by atoms with Crippen LogP contribution in [0.15, 0.2) is 40.0 Å². The number of aromatic amines is 1. The van der Waals surface area contributed by atoms with Crippen LogP contribution in [0.25, 0.3) is 10.9 Å². The molecule has 25 heavy (non-hydrogen) atoms. The minimum Gasteiger partial charge on any atom is -0.282 e. The molecule has 1 aromatic heterocycles. The smallest absolute Gasteiger partial charge is 0.282 e. The van der Waals surface area contributed by atoms with Crippen LogP contribution in [-0.2, 0) is 0 Å². The van der Waals surface area contributed by atoms with Gasteiger partial charge in [-0.15, -0.1) is 0 Å². The van der Waals surface area contributed by atoms with Crippen LogP contribution in [-0.4, -0.2) is 28.0 Å². The number of hydrogen-bond donors (Lipinski definition) is 2. The molecule has 3 rings (SSSR count). The van der Waals surface area contributed by atoms with Gasteiger partial charge in [-0.25, -0.2) is 4.99 Å². The summed E-state index contributed by atoms with van der Waals surface area (Å²) in [6, 6.07) is 6.59. The Balaban J connectivity index is 2.31. The third-order valence-corrected chi connectivity index (χ3v) is 4.13. The number of allylic oxidation sites excluding steroid dienone is 3. The second-order valence-electron chi connectivity index (χ2n) is 5.67. The van der Waals surface area contributed by atoms with Crippen molar-refractivity contribution in [2.75, 3.05) is 0 Å². The number of H-pyrrole nitrogens is 1. The van der Waals surface area contributed by atoms with E-state index in [2.05, 4.69) is 21.1 Å². The molecular formula is C17H12F3N5. The first kappa shape index (κ1) is 16.7. The van der Waals surface area contributed by atoms with Gasteiger partial charge in [-0.05, 0) is 37.4 Å². The molecule has 0 bridgehead atoms. The van der Waals surface area contributed by atoms with Crippen LogP contribution in [0.1, 0.15) is 24.1 Å². The van der Waals surface area contributed by atoms with Crippen molar-refractivity contribution < 1.29 is 13.2 Å². The number of aryl methyl sites for hydroxylation is 1. The van der Waals surface area contributed by atoms with E-state index in [0.717, 1.165) is 11.1 Å². The lowest BCUT2D eigenvalue weighted by atomic mass is 9.80. The van der Waals surface area contributed by atoms with Crippen molar-refractivity contribution in [2.45, 2.75) is 25.9 Å². The Kier molecular flexibility index (Phi) is 3.82.